The molecule has 1 aliphatic heterocycles. The lowest BCUT2D eigenvalue weighted by Gasteiger charge is -2.41. The van der Waals surface area contributed by atoms with Gasteiger partial charge in [0, 0.05) is 54.4 Å². The van der Waals surface area contributed by atoms with Gasteiger partial charge in [-0.3, -0.25) is 24.1 Å². The number of likely N-dealkylation sites (N-methyl/N-ethyl adjacent to an activating group) is 2. The summed E-state index contributed by atoms with van der Waals surface area (Å²) < 4.78 is 17.4. The molecule has 1 saturated heterocycles. The van der Waals surface area contributed by atoms with Crippen LogP contribution < -0.4 is 10.6 Å². The van der Waals surface area contributed by atoms with Gasteiger partial charge in [0.1, 0.15) is 17.7 Å². The van der Waals surface area contributed by atoms with Crippen molar-refractivity contribution in [1.29, 1.82) is 0 Å². The highest BCUT2D eigenvalue weighted by atomic mass is 16.6. The first-order valence-electron chi connectivity index (χ1n) is 23.0. The lowest BCUT2D eigenvalue weighted by Crippen LogP contribution is -2.60. The number of likely N-dealkylation sites (tertiary alicyclic amines) is 1. The van der Waals surface area contributed by atoms with Gasteiger partial charge in [-0.2, -0.15) is 0 Å². The molecule has 0 bridgehead atoms. The van der Waals surface area contributed by atoms with E-state index in [2.05, 4.69) is 10.6 Å². The quantitative estimate of drug-likeness (QED) is 0.119. The van der Waals surface area contributed by atoms with Crippen molar-refractivity contribution in [2.45, 2.75) is 156 Å². The highest BCUT2D eigenvalue weighted by Gasteiger charge is 2.43. The summed E-state index contributed by atoms with van der Waals surface area (Å²) in [6, 6.07) is 5.54. The van der Waals surface area contributed by atoms with Gasteiger partial charge in [-0.15, -0.1) is 0 Å². The molecule has 0 aliphatic carbocycles. The van der Waals surface area contributed by atoms with Crippen LogP contribution in [0.15, 0.2) is 30.3 Å². The summed E-state index contributed by atoms with van der Waals surface area (Å²) in [7, 11) is 8.27. The van der Waals surface area contributed by atoms with Gasteiger partial charge >= 0.3 is 12.1 Å². The van der Waals surface area contributed by atoms with Gasteiger partial charge in [-0.1, -0.05) is 85.2 Å². The van der Waals surface area contributed by atoms with Crippen LogP contribution in [-0.4, -0.2) is 163 Å². The van der Waals surface area contributed by atoms with E-state index in [-0.39, 0.29) is 48.3 Å². The highest BCUT2D eigenvalue weighted by Crippen LogP contribution is 2.30. The third-order valence-corrected chi connectivity index (χ3v) is 12.5. The van der Waals surface area contributed by atoms with Gasteiger partial charge in [-0.05, 0) is 70.4 Å². The summed E-state index contributed by atoms with van der Waals surface area (Å²) in [6.07, 6.45) is 0.810. The lowest BCUT2D eigenvalue weighted by molar-refractivity contribution is -0.148. The molecule has 0 spiro atoms. The van der Waals surface area contributed by atoms with Crippen molar-refractivity contribution in [3.63, 3.8) is 0 Å². The van der Waals surface area contributed by atoms with Crippen LogP contribution >= 0.6 is 0 Å². The zero-order valence-electron chi connectivity index (χ0n) is 41.5. The number of benzene rings is 1. The van der Waals surface area contributed by atoms with Crippen LogP contribution in [0.2, 0.25) is 0 Å². The molecule has 16 nitrogen and oxygen atoms in total. The second-order valence-electron chi connectivity index (χ2n) is 19.3. The molecule has 9 atom stereocenters. The molecule has 1 aromatic carbocycles. The van der Waals surface area contributed by atoms with E-state index >= 15 is 0 Å². The molecule has 1 heterocycles. The molecule has 3 N–H and O–H groups in total. The van der Waals surface area contributed by atoms with Gasteiger partial charge in [0.15, 0.2) is 0 Å². The average molecular weight is 903 g/mol. The number of hydrogen-bond donors (Lipinski definition) is 3. The number of ether oxygens (including phenoxy) is 3. The Kier molecular flexibility index (Phi) is 22.7. The first-order valence-corrected chi connectivity index (χ1v) is 23.0. The number of rotatable bonds is 25. The molecule has 5 amide bonds. The van der Waals surface area contributed by atoms with E-state index in [0.29, 0.717) is 45.3 Å². The zero-order valence-corrected chi connectivity index (χ0v) is 41.5. The van der Waals surface area contributed by atoms with E-state index in [0.717, 1.165) is 5.56 Å². The first kappa shape index (κ1) is 55.9. The Bertz CT molecular complexity index is 1650. The molecular formula is C48H82N6O10. The molecular weight excluding hydrogens is 821 g/mol. The molecule has 1 fully saturated rings. The summed E-state index contributed by atoms with van der Waals surface area (Å²) >= 11 is 0. The second-order valence-corrected chi connectivity index (χ2v) is 19.3. The monoisotopic (exact) mass is 903 g/mol. The van der Waals surface area contributed by atoms with E-state index in [1.807, 2.05) is 105 Å². The molecule has 364 valence electrons. The second kappa shape index (κ2) is 26.0. The molecule has 0 radical (unpaired) electrons. The van der Waals surface area contributed by atoms with Gasteiger partial charge < -0.3 is 44.7 Å². The predicted molar refractivity (Wildman–Crippen MR) is 247 cm³/mol. The minimum atomic E-state index is -1.15. The molecule has 1 aliphatic rings. The number of carbonyl (C=O) groups is 6. The van der Waals surface area contributed by atoms with Crippen molar-refractivity contribution < 1.29 is 48.1 Å². The third-order valence-electron chi connectivity index (χ3n) is 12.5. The molecule has 64 heavy (non-hydrogen) atoms. The maximum Gasteiger partial charge on any atom is 0.410 e. The van der Waals surface area contributed by atoms with Gasteiger partial charge in [0.05, 0.1) is 42.7 Å². The predicted octanol–water partition coefficient (Wildman–Crippen LogP) is 5.07. The fourth-order valence-corrected chi connectivity index (χ4v) is 8.77. The van der Waals surface area contributed by atoms with Crippen LogP contribution in [0.25, 0.3) is 0 Å². The highest BCUT2D eigenvalue weighted by molar-refractivity contribution is 5.90. The van der Waals surface area contributed by atoms with E-state index in [4.69, 9.17) is 14.2 Å². The Morgan fingerprint density at radius 2 is 1.50 bits per heavy atom. The number of hydrogen-bond acceptors (Lipinski definition) is 10. The number of methoxy groups -OCH3 is 2. The minimum Gasteiger partial charge on any atom is -0.480 e. The summed E-state index contributed by atoms with van der Waals surface area (Å²) in [5, 5.41) is 15.7. The Hall–Kier alpha value is -4.28. The molecule has 0 aromatic heterocycles. The molecule has 16 heteroatoms. The Morgan fingerprint density at radius 1 is 0.875 bits per heavy atom. The van der Waals surface area contributed by atoms with Crippen LogP contribution in [-0.2, 0) is 44.6 Å². The van der Waals surface area contributed by atoms with Crippen molar-refractivity contribution >= 4 is 35.7 Å². The first-order chi connectivity index (χ1) is 29.9. The van der Waals surface area contributed by atoms with E-state index in [1.54, 1.807) is 30.8 Å². The third kappa shape index (κ3) is 16.3. The maximum atomic E-state index is 14.6. The largest absolute Gasteiger partial charge is 0.480 e. The average Bonchev–Trinajstić information content (AvgIpc) is 3.71. The zero-order chi connectivity index (χ0) is 48.6. The van der Waals surface area contributed by atoms with Crippen molar-refractivity contribution in [2.24, 2.45) is 23.7 Å². The summed E-state index contributed by atoms with van der Waals surface area (Å²) in [5.41, 5.74) is 0.170. The topological polar surface area (TPSA) is 187 Å². The van der Waals surface area contributed by atoms with Crippen LogP contribution in [0, 0.1) is 23.7 Å². The normalized spacial score (nSPS) is 18.1. The van der Waals surface area contributed by atoms with Crippen molar-refractivity contribution in [1.82, 2.24) is 30.2 Å². The number of carbonyl (C=O) groups excluding carboxylic acids is 5. The summed E-state index contributed by atoms with van der Waals surface area (Å²) in [5.74, 6) is -3.63. The van der Waals surface area contributed by atoms with Crippen molar-refractivity contribution in [3.05, 3.63) is 35.9 Å². The van der Waals surface area contributed by atoms with Crippen LogP contribution in [0.4, 0.5) is 4.79 Å². The fraction of sp³-hybridized carbons (Fsp3) is 0.750. The molecule has 2 rings (SSSR count). The van der Waals surface area contributed by atoms with Crippen molar-refractivity contribution in [2.75, 3.05) is 55.0 Å². The van der Waals surface area contributed by atoms with Crippen LogP contribution in [0.3, 0.4) is 0 Å². The minimum absolute atomic E-state index is 0.0448. The number of nitrogens with zero attached hydrogens (tertiary/aromatic N) is 4. The molecule has 1 unspecified atom stereocenters. The number of aliphatic carboxylic acids is 1. The van der Waals surface area contributed by atoms with Crippen LogP contribution in [0.1, 0.15) is 107 Å². The molecule has 0 saturated carbocycles. The number of carboxylic acids is 1. The maximum absolute atomic E-state index is 14.6. The lowest BCUT2D eigenvalue weighted by atomic mass is 9.89. The fourth-order valence-electron chi connectivity index (χ4n) is 8.77. The Balaban J connectivity index is 2.24. The number of carboxylic acid groups (broad SMARTS) is 1. The van der Waals surface area contributed by atoms with Crippen molar-refractivity contribution in [3.8, 4) is 0 Å². The van der Waals surface area contributed by atoms with E-state index < -0.39 is 71.9 Å². The van der Waals surface area contributed by atoms with Gasteiger partial charge in [0.25, 0.3) is 0 Å². The number of nitrogens with one attached hydrogen (secondary N) is 2. The summed E-state index contributed by atoms with van der Waals surface area (Å²) in [6.45, 7) is 20.3. The van der Waals surface area contributed by atoms with Gasteiger partial charge in [-0.25, -0.2) is 9.59 Å². The standard InChI is InChI=1S/C48H82N6O10/c1-16-32(6)41(53(13)45(58)39(30(2)3)50-44(57)40(31(4)5)51(11)25-21-26-52(12)47(61)64-48(8,9)10)37(62-14)29-38(55)54-27-20-24-36(54)42(63-15)33(7)43(56)49-35(46(59)60)28-34-22-18-17-19-23-34/h17-19,22-23,30-33,35-37,39-42H,16,20-21,24-29H2,1-15H3,(H,49,56)(H,50,57)(H,59,60)/t32-,33+,35?,36-,37+,39-,40-,41-,42+/m0/s1. The SMILES string of the molecule is CC[C@H](C)[C@@H]([C@@H](CC(=O)N1CCC[C@H]1[C@H](OC)[C@@H](C)C(=O)NC(Cc1ccccc1)C(=O)O)OC)N(C)C(=O)[C@@H](NC(=O)[C@H](C(C)C)N(C)CCCN(C)C(=O)OC(C)(C)C)C(C)C. The smallest absolute Gasteiger partial charge is 0.410 e. The van der Waals surface area contributed by atoms with Gasteiger partial charge in [0.2, 0.25) is 23.6 Å². The van der Waals surface area contributed by atoms with Crippen LogP contribution in [0.5, 0.6) is 0 Å². The Morgan fingerprint density at radius 3 is 2.02 bits per heavy atom. The van der Waals surface area contributed by atoms with E-state index in [1.165, 1.54) is 19.1 Å². The number of amides is 5. The Labute approximate surface area is 383 Å². The van der Waals surface area contributed by atoms with E-state index in [9.17, 15) is 33.9 Å². The summed E-state index contributed by atoms with van der Waals surface area (Å²) in [4.78, 5) is 88.0. The molecule has 1 aromatic rings.